The number of anilines is 1. The first-order valence-electron chi connectivity index (χ1n) is 8.01. The summed E-state index contributed by atoms with van der Waals surface area (Å²) in [6, 6.07) is 15.4. The largest absolute Gasteiger partial charge is 0.351 e. The van der Waals surface area contributed by atoms with Crippen LogP contribution in [0.3, 0.4) is 0 Å². The van der Waals surface area contributed by atoms with Gasteiger partial charge in [-0.1, -0.05) is 42.0 Å². The van der Waals surface area contributed by atoms with Gasteiger partial charge in [-0.2, -0.15) is 0 Å². The molecule has 2 amide bonds. The maximum atomic E-state index is 12.5. The Morgan fingerprint density at radius 2 is 1.54 bits per heavy atom. The molecule has 0 fully saturated rings. The molecule has 0 heterocycles. The van der Waals surface area contributed by atoms with Crippen molar-refractivity contribution >= 4 is 17.5 Å². The van der Waals surface area contributed by atoms with Gasteiger partial charge in [0.25, 0.3) is 0 Å². The number of nitrogens with one attached hydrogen (secondary N) is 2. The Morgan fingerprint density at radius 1 is 0.917 bits per heavy atom. The van der Waals surface area contributed by atoms with E-state index in [2.05, 4.69) is 10.6 Å². The molecule has 4 heteroatoms. The molecule has 0 unspecified atom stereocenters. The van der Waals surface area contributed by atoms with Crippen LogP contribution < -0.4 is 10.6 Å². The average Bonchev–Trinajstić information content (AvgIpc) is 2.52. The zero-order valence-corrected chi connectivity index (χ0v) is 14.6. The van der Waals surface area contributed by atoms with Crippen LogP contribution in [0.5, 0.6) is 0 Å². The molecule has 0 radical (unpaired) electrons. The molecule has 2 aromatic rings. The van der Waals surface area contributed by atoms with Crippen molar-refractivity contribution in [3.05, 3.63) is 65.2 Å². The fraction of sp³-hybridized carbons (Fsp3) is 0.300. The monoisotopic (exact) mass is 324 g/mol. The summed E-state index contributed by atoms with van der Waals surface area (Å²) in [4.78, 5) is 24.9. The standard InChI is InChI=1S/C20H24N2O2/c1-14-7-5-9-16(11-14)13-21-18(23)20(3,4)19(24)22-17-10-6-8-15(2)12-17/h5-12H,13H2,1-4H3,(H,21,23)(H,22,24). The van der Waals surface area contributed by atoms with Crippen molar-refractivity contribution in [3.63, 3.8) is 0 Å². The molecular weight excluding hydrogens is 300 g/mol. The van der Waals surface area contributed by atoms with Crippen molar-refractivity contribution in [2.24, 2.45) is 5.41 Å². The van der Waals surface area contributed by atoms with Gasteiger partial charge in [-0.25, -0.2) is 0 Å². The highest BCUT2D eigenvalue weighted by Crippen LogP contribution is 2.20. The van der Waals surface area contributed by atoms with Crippen LogP contribution >= 0.6 is 0 Å². The van der Waals surface area contributed by atoms with Gasteiger partial charge in [0.05, 0.1) is 0 Å². The van der Waals surface area contributed by atoms with Crippen molar-refractivity contribution < 1.29 is 9.59 Å². The van der Waals surface area contributed by atoms with Gasteiger partial charge in [0.1, 0.15) is 5.41 Å². The molecule has 24 heavy (non-hydrogen) atoms. The lowest BCUT2D eigenvalue weighted by Gasteiger charge is -2.23. The molecule has 0 aliphatic carbocycles. The number of rotatable bonds is 5. The zero-order valence-electron chi connectivity index (χ0n) is 14.6. The van der Waals surface area contributed by atoms with E-state index in [1.54, 1.807) is 13.8 Å². The number of benzene rings is 2. The number of carbonyl (C=O) groups is 2. The van der Waals surface area contributed by atoms with E-state index in [1.165, 1.54) is 0 Å². The quantitative estimate of drug-likeness (QED) is 0.826. The second-order valence-corrected chi connectivity index (χ2v) is 6.62. The summed E-state index contributed by atoms with van der Waals surface area (Å²) in [5.74, 6) is -0.621. The fourth-order valence-corrected chi connectivity index (χ4v) is 2.34. The summed E-state index contributed by atoms with van der Waals surface area (Å²) in [7, 11) is 0. The Morgan fingerprint density at radius 3 is 2.17 bits per heavy atom. The summed E-state index contributed by atoms with van der Waals surface area (Å²) in [5, 5.41) is 5.66. The van der Waals surface area contributed by atoms with Gasteiger partial charge < -0.3 is 10.6 Å². The number of aryl methyl sites for hydroxylation is 2. The van der Waals surface area contributed by atoms with E-state index in [9.17, 15) is 9.59 Å². The normalized spacial score (nSPS) is 11.0. The Balaban J connectivity index is 1.99. The average molecular weight is 324 g/mol. The first-order valence-corrected chi connectivity index (χ1v) is 8.01. The lowest BCUT2D eigenvalue weighted by molar-refractivity contribution is -0.138. The maximum Gasteiger partial charge on any atom is 0.239 e. The van der Waals surface area contributed by atoms with Gasteiger partial charge in [0.2, 0.25) is 11.8 Å². The molecule has 0 saturated heterocycles. The molecule has 0 aliphatic rings. The van der Waals surface area contributed by atoms with E-state index < -0.39 is 5.41 Å². The van der Waals surface area contributed by atoms with Crippen molar-refractivity contribution in [1.82, 2.24) is 5.32 Å². The van der Waals surface area contributed by atoms with Gasteiger partial charge in [-0.3, -0.25) is 9.59 Å². The fourth-order valence-electron chi connectivity index (χ4n) is 2.34. The summed E-state index contributed by atoms with van der Waals surface area (Å²) >= 11 is 0. The van der Waals surface area contributed by atoms with Crippen LogP contribution in [-0.2, 0) is 16.1 Å². The van der Waals surface area contributed by atoms with E-state index >= 15 is 0 Å². The van der Waals surface area contributed by atoms with Crippen LogP contribution in [0.15, 0.2) is 48.5 Å². The van der Waals surface area contributed by atoms with Crippen LogP contribution in [0.4, 0.5) is 5.69 Å². The molecule has 0 atom stereocenters. The minimum Gasteiger partial charge on any atom is -0.351 e. The first-order chi connectivity index (χ1) is 11.3. The highest BCUT2D eigenvalue weighted by atomic mass is 16.2. The molecule has 0 aliphatic heterocycles. The third-order valence-corrected chi connectivity index (χ3v) is 3.95. The third kappa shape index (κ3) is 4.44. The minimum atomic E-state index is -1.16. The number of hydrogen-bond donors (Lipinski definition) is 2. The molecule has 4 nitrogen and oxygen atoms in total. The molecule has 0 saturated carbocycles. The molecule has 0 aromatic heterocycles. The first kappa shape index (κ1) is 17.7. The van der Waals surface area contributed by atoms with Crippen LogP contribution in [-0.4, -0.2) is 11.8 Å². The van der Waals surface area contributed by atoms with E-state index in [0.717, 1.165) is 16.7 Å². The Kier molecular flexibility index (Phi) is 5.39. The number of carbonyl (C=O) groups excluding carboxylic acids is 2. The predicted octanol–water partition coefficient (Wildman–Crippen LogP) is 3.58. The van der Waals surface area contributed by atoms with Gasteiger partial charge in [-0.15, -0.1) is 0 Å². The Bertz CT molecular complexity index is 751. The summed E-state index contributed by atoms with van der Waals surface area (Å²) in [6.07, 6.45) is 0. The lowest BCUT2D eigenvalue weighted by Crippen LogP contribution is -2.44. The molecule has 126 valence electrons. The number of hydrogen-bond acceptors (Lipinski definition) is 2. The molecule has 2 aromatic carbocycles. The van der Waals surface area contributed by atoms with Crippen LogP contribution in [0.25, 0.3) is 0 Å². The predicted molar refractivity (Wildman–Crippen MR) is 96.6 cm³/mol. The highest BCUT2D eigenvalue weighted by molar-refractivity contribution is 6.09. The van der Waals surface area contributed by atoms with E-state index in [-0.39, 0.29) is 11.8 Å². The molecular formula is C20H24N2O2. The lowest BCUT2D eigenvalue weighted by atomic mass is 9.90. The van der Waals surface area contributed by atoms with E-state index in [0.29, 0.717) is 12.2 Å². The van der Waals surface area contributed by atoms with Crippen molar-refractivity contribution in [3.8, 4) is 0 Å². The van der Waals surface area contributed by atoms with Gasteiger partial charge >= 0.3 is 0 Å². The van der Waals surface area contributed by atoms with Gasteiger partial charge in [-0.05, 0) is 51.0 Å². The van der Waals surface area contributed by atoms with Crippen molar-refractivity contribution in [1.29, 1.82) is 0 Å². The highest BCUT2D eigenvalue weighted by Gasteiger charge is 2.35. The molecule has 0 bridgehead atoms. The van der Waals surface area contributed by atoms with Crippen LogP contribution in [0, 0.1) is 19.3 Å². The van der Waals surface area contributed by atoms with Crippen molar-refractivity contribution in [2.75, 3.05) is 5.32 Å². The Hall–Kier alpha value is -2.62. The van der Waals surface area contributed by atoms with Crippen LogP contribution in [0.2, 0.25) is 0 Å². The number of amides is 2. The minimum absolute atomic E-state index is 0.297. The third-order valence-electron chi connectivity index (χ3n) is 3.95. The molecule has 0 spiro atoms. The van der Waals surface area contributed by atoms with Gasteiger partial charge in [0.15, 0.2) is 0 Å². The second kappa shape index (κ2) is 7.30. The van der Waals surface area contributed by atoms with Crippen molar-refractivity contribution in [2.45, 2.75) is 34.2 Å². The summed E-state index contributed by atoms with van der Waals surface area (Å²) < 4.78 is 0. The Labute approximate surface area is 143 Å². The molecule has 2 N–H and O–H groups in total. The second-order valence-electron chi connectivity index (χ2n) is 6.62. The smallest absolute Gasteiger partial charge is 0.239 e. The zero-order chi connectivity index (χ0) is 17.7. The summed E-state index contributed by atoms with van der Waals surface area (Å²) in [5.41, 5.74) is 2.73. The van der Waals surface area contributed by atoms with Gasteiger partial charge in [0, 0.05) is 12.2 Å². The van der Waals surface area contributed by atoms with Crippen LogP contribution in [0.1, 0.15) is 30.5 Å². The SMILES string of the molecule is Cc1cccc(CNC(=O)C(C)(C)C(=O)Nc2cccc(C)c2)c1. The topological polar surface area (TPSA) is 58.2 Å². The van der Waals surface area contributed by atoms with E-state index in [1.807, 2.05) is 62.4 Å². The van der Waals surface area contributed by atoms with E-state index in [4.69, 9.17) is 0 Å². The summed E-state index contributed by atoms with van der Waals surface area (Å²) in [6.45, 7) is 7.62. The molecule has 2 rings (SSSR count). The maximum absolute atomic E-state index is 12.5.